The van der Waals surface area contributed by atoms with Gasteiger partial charge in [0, 0.05) is 5.02 Å². The summed E-state index contributed by atoms with van der Waals surface area (Å²) in [5.41, 5.74) is 3.33. The Morgan fingerprint density at radius 1 is 1.00 bits per heavy atom. The third kappa shape index (κ3) is 6.24. The Bertz CT molecular complexity index is 1230. The molecule has 0 saturated carbocycles. The number of sulfonamides is 1. The van der Waals surface area contributed by atoms with E-state index in [0.29, 0.717) is 16.5 Å². The van der Waals surface area contributed by atoms with E-state index in [9.17, 15) is 13.2 Å². The predicted octanol–water partition coefficient (Wildman–Crippen LogP) is 3.70. The zero-order valence-corrected chi connectivity index (χ0v) is 19.5. The van der Waals surface area contributed by atoms with Crippen molar-refractivity contribution in [2.24, 2.45) is 5.10 Å². The second-order valence-electron chi connectivity index (χ2n) is 6.73. The topological polar surface area (TPSA) is 97.3 Å². The summed E-state index contributed by atoms with van der Waals surface area (Å²) in [5.74, 6) is 0.572. The molecule has 0 aliphatic carbocycles. The Labute approximate surface area is 197 Å². The number of amides is 1. The lowest BCUT2D eigenvalue weighted by Crippen LogP contribution is -2.39. The number of benzene rings is 3. The molecule has 33 heavy (non-hydrogen) atoms. The van der Waals surface area contributed by atoms with Crippen molar-refractivity contribution in [3.8, 4) is 11.5 Å². The van der Waals surface area contributed by atoms with E-state index in [1.54, 1.807) is 49.6 Å². The van der Waals surface area contributed by atoms with Crippen LogP contribution in [-0.2, 0) is 14.8 Å². The molecule has 10 heteroatoms. The van der Waals surface area contributed by atoms with Gasteiger partial charge in [0.1, 0.15) is 18.0 Å². The monoisotopic (exact) mass is 487 g/mol. The van der Waals surface area contributed by atoms with Crippen LogP contribution >= 0.6 is 11.6 Å². The van der Waals surface area contributed by atoms with Crippen molar-refractivity contribution in [3.63, 3.8) is 0 Å². The van der Waals surface area contributed by atoms with Gasteiger partial charge in [0.2, 0.25) is 0 Å². The maximum Gasteiger partial charge on any atom is 0.264 e. The van der Waals surface area contributed by atoms with Crippen LogP contribution in [0.15, 0.2) is 82.8 Å². The van der Waals surface area contributed by atoms with Crippen LogP contribution in [0, 0.1) is 0 Å². The number of rotatable bonds is 9. The molecule has 0 aliphatic rings. The number of hydrazone groups is 1. The Hall–Kier alpha value is -3.56. The lowest BCUT2D eigenvalue weighted by Gasteiger charge is -2.24. The molecule has 3 aromatic carbocycles. The molecule has 0 aromatic heterocycles. The van der Waals surface area contributed by atoms with Crippen LogP contribution in [0.5, 0.6) is 11.5 Å². The summed E-state index contributed by atoms with van der Waals surface area (Å²) >= 11 is 6.06. The van der Waals surface area contributed by atoms with Gasteiger partial charge in [-0.1, -0.05) is 17.7 Å². The molecule has 0 spiro atoms. The van der Waals surface area contributed by atoms with Gasteiger partial charge >= 0.3 is 0 Å². The molecule has 0 radical (unpaired) electrons. The predicted molar refractivity (Wildman–Crippen MR) is 128 cm³/mol. The third-order valence-corrected chi connectivity index (χ3v) is 6.57. The van der Waals surface area contributed by atoms with Gasteiger partial charge in [-0.3, -0.25) is 9.10 Å². The molecule has 0 bridgehead atoms. The Morgan fingerprint density at radius 2 is 1.61 bits per heavy atom. The van der Waals surface area contributed by atoms with Crippen LogP contribution in [0.2, 0.25) is 5.02 Å². The summed E-state index contributed by atoms with van der Waals surface area (Å²) in [5, 5.41) is 4.24. The van der Waals surface area contributed by atoms with Crippen molar-refractivity contribution >= 4 is 39.4 Å². The van der Waals surface area contributed by atoms with Gasteiger partial charge in [0.05, 0.1) is 31.0 Å². The average molecular weight is 488 g/mol. The fourth-order valence-electron chi connectivity index (χ4n) is 2.86. The number of hydrogen-bond donors (Lipinski definition) is 1. The molecule has 0 unspecified atom stereocenters. The molecule has 0 saturated heterocycles. The molecule has 172 valence electrons. The smallest absolute Gasteiger partial charge is 0.264 e. The van der Waals surface area contributed by atoms with Gasteiger partial charge in [-0.25, -0.2) is 13.8 Å². The zero-order chi connectivity index (χ0) is 23.8. The fourth-order valence-corrected chi connectivity index (χ4v) is 4.45. The van der Waals surface area contributed by atoms with Crippen molar-refractivity contribution in [2.45, 2.75) is 4.90 Å². The standard InChI is InChI=1S/C23H22ClN3O5S/c1-31-20-8-6-17(7-9-20)15-25-26-23(28)16-27(19-5-3-4-18(24)14-19)33(29,30)22-12-10-21(32-2)11-13-22/h3-15H,16H2,1-2H3,(H,26,28)/b25-15-. The first-order valence-electron chi connectivity index (χ1n) is 9.72. The van der Waals surface area contributed by atoms with Gasteiger partial charge in [-0.15, -0.1) is 0 Å². The SMILES string of the molecule is COc1ccc(/C=N\NC(=O)CN(c2cccc(Cl)c2)S(=O)(=O)c2ccc(OC)cc2)cc1. The molecule has 3 rings (SSSR count). The van der Waals surface area contributed by atoms with E-state index in [1.165, 1.54) is 43.7 Å². The number of nitrogens with one attached hydrogen (secondary N) is 1. The highest BCUT2D eigenvalue weighted by atomic mass is 35.5. The largest absolute Gasteiger partial charge is 0.497 e. The minimum Gasteiger partial charge on any atom is -0.497 e. The lowest BCUT2D eigenvalue weighted by molar-refractivity contribution is -0.119. The first-order chi connectivity index (χ1) is 15.8. The second kappa shape index (κ2) is 10.8. The maximum atomic E-state index is 13.3. The van der Waals surface area contributed by atoms with E-state index in [0.717, 1.165) is 9.87 Å². The van der Waals surface area contributed by atoms with Crippen molar-refractivity contribution in [3.05, 3.63) is 83.4 Å². The van der Waals surface area contributed by atoms with E-state index >= 15 is 0 Å². The van der Waals surface area contributed by atoms with Crippen LogP contribution in [0.4, 0.5) is 5.69 Å². The number of anilines is 1. The first kappa shape index (κ1) is 24.1. The van der Waals surface area contributed by atoms with E-state index in [1.807, 2.05) is 0 Å². The van der Waals surface area contributed by atoms with Gasteiger partial charge in [-0.2, -0.15) is 5.10 Å². The van der Waals surface area contributed by atoms with Gasteiger partial charge in [0.15, 0.2) is 0 Å². The summed E-state index contributed by atoms with van der Waals surface area (Å²) in [7, 11) is -1.03. The van der Waals surface area contributed by atoms with Crippen LogP contribution in [0.25, 0.3) is 0 Å². The molecule has 1 amide bonds. The Balaban J connectivity index is 1.81. The van der Waals surface area contributed by atoms with Gasteiger partial charge < -0.3 is 9.47 Å². The average Bonchev–Trinajstić information content (AvgIpc) is 2.83. The van der Waals surface area contributed by atoms with Gasteiger partial charge in [0.25, 0.3) is 15.9 Å². The van der Waals surface area contributed by atoms with E-state index in [-0.39, 0.29) is 10.6 Å². The number of carbonyl (C=O) groups is 1. The summed E-state index contributed by atoms with van der Waals surface area (Å²) in [6.45, 7) is -0.505. The van der Waals surface area contributed by atoms with Crippen LogP contribution in [-0.4, -0.2) is 41.3 Å². The summed E-state index contributed by atoms with van der Waals surface area (Å²) in [6.07, 6.45) is 1.44. The minimum absolute atomic E-state index is 0.00203. The lowest BCUT2D eigenvalue weighted by atomic mass is 10.2. The Morgan fingerprint density at radius 3 is 2.18 bits per heavy atom. The molecule has 3 aromatic rings. The minimum atomic E-state index is -4.08. The maximum absolute atomic E-state index is 13.3. The van der Waals surface area contributed by atoms with Crippen LogP contribution < -0.4 is 19.2 Å². The number of methoxy groups -OCH3 is 2. The third-order valence-electron chi connectivity index (χ3n) is 4.55. The first-order valence-corrected chi connectivity index (χ1v) is 11.5. The number of nitrogens with zero attached hydrogens (tertiary/aromatic N) is 2. The number of hydrogen-bond acceptors (Lipinski definition) is 6. The highest BCUT2D eigenvalue weighted by Crippen LogP contribution is 2.27. The molecule has 0 aliphatic heterocycles. The van der Waals surface area contributed by atoms with Crippen molar-refractivity contribution in [1.82, 2.24) is 5.43 Å². The normalized spacial score (nSPS) is 11.2. The molecule has 0 atom stereocenters. The highest BCUT2D eigenvalue weighted by Gasteiger charge is 2.27. The zero-order valence-electron chi connectivity index (χ0n) is 17.9. The summed E-state index contributed by atoms with van der Waals surface area (Å²) in [4.78, 5) is 12.6. The van der Waals surface area contributed by atoms with Crippen LogP contribution in [0.1, 0.15) is 5.56 Å². The number of ether oxygens (including phenoxy) is 2. The summed E-state index contributed by atoms with van der Waals surface area (Å²) in [6, 6.07) is 19.2. The second-order valence-corrected chi connectivity index (χ2v) is 9.03. The fraction of sp³-hybridized carbons (Fsp3) is 0.130. The Kier molecular flexibility index (Phi) is 7.92. The molecule has 0 heterocycles. The number of carbonyl (C=O) groups excluding carboxylic acids is 1. The number of halogens is 1. The van der Waals surface area contributed by atoms with E-state index in [4.69, 9.17) is 21.1 Å². The summed E-state index contributed by atoms with van der Waals surface area (Å²) < 4.78 is 37.8. The molecular weight excluding hydrogens is 466 g/mol. The van der Waals surface area contributed by atoms with E-state index < -0.39 is 22.5 Å². The van der Waals surface area contributed by atoms with Crippen LogP contribution in [0.3, 0.4) is 0 Å². The van der Waals surface area contributed by atoms with Gasteiger partial charge in [-0.05, 0) is 72.3 Å². The molecule has 1 N–H and O–H groups in total. The van der Waals surface area contributed by atoms with Crippen molar-refractivity contribution in [1.29, 1.82) is 0 Å². The van der Waals surface area contributed by atoms with Crippen molar-refractivity contribution < 1.29 is 22.7 Å². The molecular formula is C23H22ClN3O5S. The van der Waals surface area contributed by atoms with Crippen molar-refractivity contribution in [2.75, 3.05) is 25.1 Å². The quantitative estimate of drug-likeness (QED) is 0.366. The molecule has 0 fully saturated rings. The molecule has 8 nitrogen and oxygen atoms in total. The van der Waals surface area contributed by atoms with E-state index in [2.05, 4.69) is 10.5 Å². The highest BCUT2D eigenvalue weighted by molar-refractivity contribution is 7.92.